The van der Waals surface area contributed by atoms with Gasteiger partial charge in [0.05, 0.1) is 24.4 Å². The van der Waals surface area contributed by atoms with E-state index in [-0.39, 0.29) is 18.3 Å². The molecule has 0 N–H and O–H groups in total. The van der Waals surface area contributed by atoms with Crippen molar-refractivity contribution in [3.8, 4) is 5.75 Å². The van der Waals surface area contributed by atoms with Crippen molar-refractivity contribution >= 4 is 29.2 Å². The summed E-state index contributed by atoms with van der Waals surface area (Å²) in [6, 6.07) is 5.62. The fourth-order valence-corrected chi connectivity index (χ4v) is 3.12. The van der Waals surface area contributed by atoms with Crippen LogP contribution >= 0.6 is 11.8 Å². The predicted molar refractivity (Wildman–Crippen MR) is 81.6 cm³/mol. The van der Waals surface area contributed by atoms with Crippen molar-refractivity contribution in [1.82, 2.24) is 0 Å². The van der Waals surface area contributed by atoms with Gasteiger partial charge in [0, 0.05) is 17.0 Å². The number of allylic oxidation sites excluding steroid dienone is 1. The van der Waals surface area contributed by atoms with Gasteiger partial charge in [-0.1, -0.05) is 11.8 Å². The SMILES string of the molecule is CCOC(=O)CN1/C(=C/C(C)=O)Sc2ccc(OC)cc21. The summed E-state index contributed by atoms with van der Waals surface area (Å²) in [5, 5.41) is 0.721. The van der Waals surface area contributed by atoms with Crippen molar-refractivity contribution < 1.29 is 19.1 Å². The van der Waals surface area contributed by atoms with Crippen molar-refractivity contribution in [3.63, 3.8) is 0 Å². The Bertz CT molecular complexity index is 597. The Labute approximate surface area is 127 Å². The van der Waals surface area contributed by atoms with Gasteiger partial charge >= 0.3 is 5.97 Å². The summed E-state index contributed by atoms with van der Waals surface area (Å²) in [5.41, 5.74) is 0.847. The number of nitrogens with zero attached hydrogens (tertiary/aromatic N) is 1. The van der Waals surface area contributed by atoms with Gasteiger partial charge < -0.3 is 14.4 Å². The molecule has 1 aromatic carbocycles. The maximum Gasteiger partial charge on any atom is 0.325 e. The highest BCUT2D eigenvalue weighted by Crippen LogP contribution is 2.47. The molecule has 1 aliphatic rings. The van der Waals surface area contributed by atoms with Crippen LogP contribution in [0.4, 0.5) is 5.69 Å². The Balaban J connectivity index is 2.35. The van der Waals surface area contributed by atoms with Gasteiger partial charge in [0.15, 0.2) is 5.78 Å². The number of hydrogen-bond donors (Lipinski definition) is 0. The number of esters is 1. The number of carbonyl (C=O) groups is 2. The molecule has 0 spiro atoms. The van der Waals surface area contributed by atoms with Gasteiger partial charge in [-0.05, 0) is 26.0 Å². The summed E-state index contributed by atoms with van der Waals surface area (Å²) in [5.74, 6) is 0.307. The quantitative estimate of drug-likeness (QED) is 0.615. The van der Waals surface area contributed by atoms with E-state index < -0.39 is 0 Å². The first-order valence-electron chi connectivity index (χ1n) is 6.56. The lowest BCUT2D eigenvalue weighted by atomic mass is 10.2. The Morgan fingerprint density at radius 3 is 2.76 bits per heavy atom. The molecule has 112 valence electrons. The van der Waals surface area contributed by atoms with Crippen LogP contribution in [-0.2, 0) is 14.3 Å². The Hall–Kier alpha value is -1.95. The smallest absolute Gasteiger partial charge is 0.325 e. The predicted octanol–water partition coefficient (Wildman–Crippen LogP) is 2.60. The second-order valence-electron chi connectivity index (χ2n) is 4.42. The third-order valence-electron chi connectivity index (χ3n) is 2.86. The van der Waals surface area contributed by atoms with Crippen molar-refractivity contribution in [1.29, 1.82) is 0 Å². The molecule has 0 radical (unpaired) electrons. The summed E-state index contributed by atoms with van der Waals surface area (Å²) >= 11 is 1.45. The molecule has 1 aliphatic heterocycles. The van der Waals surface area contributed by atoms with E-state index in [1.54, 1.807) is 18.9 Å². The standard InChI is InChI=1S/C15H17NO4S/c1-4-20-15(18)9-16-12-8-11(19-3)5-6-13(12)21-14(16)7-10(2)17/h5-8H,4,9H2,1-3H3/b14-7-. The van der Waals surface area contributed by atoms with Crippen LogP contribution in [0.3, 0.4) is 0 Å². The number of anilines is 1. The third kappa shape index (κ3) is 3.58. The molecule has 2 rings (SSSR count). The number of hydrogen-bond acceptors (Lipinski definition) is 6. The maximum atomic E-state index is 11.8. The second-order valence-corrected chi connectivity index (χ2v) is 5.48. The zero-order valence-corrected chi connectivity index (χ0v) is 13.0. The molecule has 0 aliphatic carbocycles. The minimum atomic E-state index is -0.330. The molecule has 0 saturated carbocycles. The first kappa shape index (κ1) is 15.4. The van der Waals surface area contributed by atoms with E-state index in [1.807, 2.05) is 18.2 Å². The van der Waals surface area contributed by atoms with E-state index in [2.05, 4.69) is 0 Å². The number of ketones is 1. The number of rotatable bonds is 5. The number of carbonyl (C=O) groups excluding carboxylic acids is 2. The molecule has 0 bridgehead atoms. The number of benzene rings is 1. The van der Waals surface area contributed by atoms with Crippen molar-refractivity contribution in [2.24, 2.45) is 0 Å². The van der Waals surface area contributed by atoms with Gasteiger partial charge in [-0.3, -0.25) is 9.59 Å². The van der Waals surface area contributed by atoms with E-state index in [9.17, 15) is 9.59 Å². The lowest BCUT2D eigenvalue weighted by molar-refractivity contribution is -0.141. The normalized spacial score (nSPS) is 15.0. The highest BCUT2D eigenvalue weighted by Gasteiger charge is 2.28. The van der Waals surface area contributed by atoms with Gasteiger partial charge in [0.2, 0.25) is 0 Å². The van der Waals surface area contributed by atoms with E-state index in [0.29, 0.717) is 12.4 Å². The molecule has 6 heteroatoms. The lowest BCUT2D eigenvalue weighted by Crippen LogP contribution is -2.27. The number of ether oxygens (including phenoxy) is 2. The van der Waals surface area contributed by atoms with Crippen LogP contribution in [0.15, 0.2) is 34.2 Å². The van der Waals surface area contributed by atoms with Crippen LogP contribution in [0.25, 0.3) is 0 Å². The average molecular weight is 307 g/mol. The third-order valence-corrected chi connectivity index (χ3v) is 3.97. The molecule has 0 aromatic heterocycles. The van der Waals surface area contributed by atoms with Gasteiger partial charge in [-0.15, -0.1) is 0 Å². The van der Waals surface area contributed by atoms with E-state index in [0.717, 1.165) is 15.6 Å². The zero-order valence-electron chi connectivity index (χ0n) is 12.2. The summed E-state index contributed by atoms with van der Waals surface area (Å²) in [6.45, 7) is 3.65. The molecule has 21 heavy (non-hydrogen) atoms. The average Bonchev–Trinajstić information content (AvgIpc) is 2.75. The van der Waals surface area contributed by atoms with Crippen LogP contribution in [0, 0.1) is 0 Å². The van der Waals surface area contributed by atoms with Crippen LogP contribution in [0.5, 0.6) is 5.75 Å². The molecular formula is C15H17NO4S. The molecule has 0 amide bonds. The second kappa shape index (κ2) is 6.67. The first-order chi connectivity index (χ1) is 10.0. The molecule has 0 fully saturated rings. The molecule has 5 nitrogen and oxygen atoms in total. The lowest BCUT2D eigenvalue weighted by Gasteiger charge is -2.19. The Morgan fingerprint density at radius 1 is 1.38 bits per heavy atom. The van der Waals surface area contributed by atoms with Gasteiger partial charge in [-0.2, -0.15) is 0 Å². The summed E-state index contributed by atoms with van der Waals surface area (Å²) < 4.78 is 10.2. The van der Waals surface area contributed by atoms with Crippen LogP contribution in [-0.4, -0.2) is 32.0 Å². The number of thioether (sulfide) groups is 1. The fraction of sp³-hybridized carbons (Fsp3) is 0.333. The monoisotopic (exact) mass is 307 g/mol. The molecule has 1 heterocycles. The minimum absolute atomic E-state index is 0.0638. The highest BCUT2D eigenvalue weighted by molar-refractivity contribution is 8.03. The first-order valence-corrected chi connectivity index (χ1v) is 7.38. The maximum absolute atomic E-state index is 11.8. The van der Waals surface area contributed by atoms with Gasteiger partial charge in [-0.25, -0.2) is 0 Å². The summed E-state index contributed by atoms with van der Waals surface area (Å²) in [7, 11) is 1.59. The fourth-order valence-electron chi connectivity index (χ4n) is 1.99. The topological polar surface area (TPSA) is 55.8 Å². The number of methoxy groups -OCH3 is 1. The van der Waals surface area contributed by atoms with Crippen LogP contribution in [0.2, 0.25) is 0 Å². The molecule has 0 atom stereocenters. The minimum Gasteiger partial charge on any atom is -0.497 e. The van der Waals surface area contributed by atoms with Crippen molar-refractivity contribution in [2.45, 2.75) is 18.7 Å². The van der Waals surface area contributed by atoms with Gasteiger partial charge in [0.25, 0.3) is 0 Å². The van der Waals surface area contributed by atoms with Crippen molar-refractivity contribution in [3.05, 3.63) is 29.3 Å². The van der Waals surface area contributed by atoms with E-state index in [1.165, 1.54) is 24.8 Å². The van der Waals surface area contributed by atoms with E-state index >= 15 is 0 Å². The number of fused-ring (bicyclic) bond motifs is 1. The van der Waals surface area contributed by atoms with Crippen LogP contribution < -0.4 is 9.64 Å². The molecule has 0 unspecified atom stereocenters. The van der Waals surface area contributed by atoms with Crippen molar-refractivity contribution in [2.75, 3.05) is 25.2 Å². The van der Waals surface area contributed by atoms with E-state index in [4.69, 9.17) is 9.47 Å². The van der Waals surface area contributed by atoms with Crippen LogP contribution in [0.1, 0.15) is 13.8 Å². The summed E-state index contributed by atoms with van der Waals surface area (Å²) in [4.78, 5) is 25.9. The largest absolute Gasteiger partial charge is 0.497 e. The molecular weight excluding hydrogens is 290 g/mol. The zero-order chi connectivity index (χ0) is 15.4. The van der Waals surface area contributed by atoms with Gasteiger partial charge in [0.1, 0.15) is 12.3 Å². The molecule has 0 saturated heterocycles. The molecule has 1 aromatic rings. The Kier molecular flexibility index (Phi) is 4.90. The summed E-state index contributed by atoms with van der Waals surface area (Å²) in [6.07, 6.45) is 1.52. The highest BCUT2D eigenvalue weighted by atomic mass is 32.2. The Morgan fingerprint density at radius 2 is 2.14 bits per heavy atom.